The van der Waals surface area contributed by atoms with Crippen molar-refractivity contribution in [1.29, 1.82) is 0 Å². The molecule has 0 bridgehead atoms. The molecule has 21 heavy (non-hydrogen) atoms. The number of carboxylic acid groups (broad SMARTS) is 1. The molecule has 0 radical (unpaired) electrons. The molecule has 0 fully saturated rings. The monoisotopic (exact) mass is 301 g/mol. The van der Waals surface area contributed by atoms with Crippen molar-refractivity contribution in [3.8, 4) is 0 Å². The number of hydrogen-bond acceptors (Lipinski definition) is 3. The number of carbonyl (C=O) groups excluding carboxylic acids is 1. The van der Waals surface area contributed by atoms with Gasteiger partial charge >= 0.3 is 12.1 Å². The number of carboxylic acids is 1. The fourth-order valence-corrected chi connectivity index (χ4v) is 1.99. The third kappa shape index (κ3) is 7.93. The van der Waals surface area contributed by atoms with E-state index in [1.54, 1.807) is 34.6 Å². The molecule has 0 aliphatic carbocycles. The summed E-state index contributed by atoms with van der Waals surface area (Å²) < 4.78 is 5.23. The van der Waals surface area contributed by atoms with E-state index in [4.69, 9.17) is 4.74 Å². The highest BCUT2D eigenvalue weighted by atomic mass is 16.6. The molecule has 0 aliphatic rings. The minimum absolute atomic E-state index is 0.443. The van der Waals surface area contributed by atoms with Crippen LogP contribution < -0.4 is 5.32 Å². The highest BCUT2D eigenvalue weighted by molar-refractivity contribution is 5.76. The lowest BCUT2D eigenvalue weighted by Gasteiger charge is -2.32. The summed E-state index contributed by atoms with van der Waals surface area (Å²) in [5, 5.41) is 12.1. The average molecular weight is 301 g/mol. The zero-order chi connectivity index (χ0) is 16.7. The molecule has 0 aromatic carbocycles. The van der Waals surface area contributed by atoms with Crippen LogP contribution in [0.3, 0.4) is 0 Å². The number of ether oxygens (including phenoxy) is 1. The zero-order valence-electron chi connectivity index (χ0n) is 14.3. The van der Waals surface area contributed by atoms with Crippen molar-refractivity contribution in [3.63, 3.8) is 0 Å². The van der Waals surface area contributed by atoms with E-state index in [0.717, 1.165) is 25.7 Å². The quantitative estimate of drug-likeness (QED) is 0.665. The Morgan fingerprint density at radius 1 is 1.10 bits per heavy atom. The van der Waals surface area contributed by atoms with Crippen LogP contribution in [0.25, 0.3) is 0 Å². The van der Waals surface area contributed by atoms with Crippen LogP contribution >= 0.6 is 0 Å². The lowest BCUT2D eigenvalue weighted by atomic mass is 9.81. The van der Waals surface area contributed by atoms with E-state index in [2.05, 4.69) is 12.2 Å². The summed E-state index contributed by atoms with van der Waals surface area (Å²) in [4.78, 5) is 23.3. The Balaban J connectivity index is 4.73. The molecule has 0 rings (SSSR count). The molecular weight excluding hydrogens is 270 g/mol. The maximum atomic E-state index is 11.9. The van der Waals surface area contributed by atoms with Gasteiger partial charge in [-0.05, 0) is 41.0 Å². The number of alkyl carbamates (subject to hydrolysis) is 1. The first-order valence-corrected chi connectivity index (χ1v) is 7.73. The molecule has 1 unspecified atom stereocenters. The van der Waals surface area contributed by atoms with Crippen molar-refractivity contribution >= 4 is 12.1 Å². The smallest absolute Gasteiger partial charge is 0.407 e. The van der Waals surface area contributed by atoms with E-state index >= 15 is 0 Å². The molecular formula is C16H31NO4. The maximum absolute atomic E-state index is 11.9. The Morgan fingerprint density at radius 2 is 1.67 bits per heavy atom. The summed E-state index contributed by atoms with van der Waals surface area (Å²) >= 11 is 0. The lowest BCUT2D eigenvalue weighted by molar-refractivity contribution is -0.148. The Morgan fingerprint density at radius 3 is 2.10 bits per heavy atom. The van der Waals surface area contributed by atoms with Crippen molar-refractivity contribution in [2.24, 2.45) is 5.41 Å². The molecule has 0 spiro atoms. The van der Waals surface area contributed by atoms with Crippen LogP contribution in [0.5, 0.6) is 0 Å². The standard InChI is InChI=1S/C16H31NO4/c1-7-8-9-10-11-12(16(5,6)13(18)19)17-14(20)21-15(2,3)4/h12H,7-11H2,1-6H3,(H,17,20)(H,18,19). The highest BCUT2D eigenvalue weighted by Gasteiger charge is 2.38. The van der Waals surface area contributed by atoms with Gasteiger partial charge in [-0.1, -0.05) is 32.6 Å². The van der Waals surface area contributed by atoms with Gasteiger partial charge in [-0.15, -0.1) is 0 Å². The predicted octanol–water partition coefficient (Wildman–Crippen LogP) is 3.96. The normalized spacial score (nSPS) is 13.6. The summed E-state index contributed by atoms with van der Waals surface area (Å²) in [6.07, 6.45) is 4.25. The molecule has 2 N–H and O–H groups in total. The minimum atomic E-state index is -1.02. The van der Waals surface area contributed by atoms with E-state index in [9.17, 15) is 14.7 Å². The number of carbonyl (C=O) groups is 2. The van der Waals surface area contributed by atoms with E-state index in [0.29, 0.717) is 6.42 Å². The van der Waals surface area contributed by atoms with Crippen LogP contribution in [0.4, 0.5) is 4.79 Å². The molecule has 124 valence electrons. The van der Waals surface area contributed by atoms with Gasteiger partial charge in [-0.3, -0.25) is 4.79 Å². The average Bonchev–Trinajstić information content (AvgIpc) is 2.30. The molecule has 0 aromatic heterocycles. The SMILES string of the molecule is CCCCCCC(NC(=O)OC(C)(C)C)C(C)(C)C(=O)O. The fraction of sp³-hybridized carbons (Fsp3) is 0.875. The Kier molecular flexibility index (Phi) is 7.75. The molecule has 1 atom stereocenters. The summed E-state index contributed by atoms with van der Waals surface area (Å²) in [5.41, 5.74) is -1.62. The largest absolute Gasteiger partial charge is 0.481 e. The second-order valence-electron chi connectivity index (χ2n) is 7.07. The van der Waals surface area contributed by atoms with Gasteiger partial charge in [-0.2, -0.15) is 0 Å². The highest BCUT2D eigenvalue weighted by Crippen LogP contribution is 2.26. The lowest BCUT2D eigenvalue weighted by Crippen LogP contribution is -2.50. The van der Waals surface area contributed by atoms with Crippen molar-refractivity contribution < 1.29 is 19.4 Å². The number of unbranched alkanes of at least 4 members (excludes halogenated alkanes) is 3. The molecule has 0 saturated carbocycles. The molecule has 5 heteroatoms. The zero-order valence-corrected chi connectivity index (χ0v) is 14.3. The number of amides is 1. The molecule has 0 saturated heterocycles. The van der Waals surface area contributed by atoms with Crippen LogP contribution in [0, 0.1) is 5.41 Å². The van der Waals surface area contributed by atoms with Gasteiger partial charge in [0.1, 0.15) is 5.60 Å². The Hall–Kier alpha value is -1.26. The van der Waals surface area contributed by atoms with Gasteiger partial charge in [0.25, 0.3) is 0 Å². The van der Waals surface area contributed by atoms with E-state index < -0.39 is 29.1 Å². The molecule has 5 nitrogen and oxygen atoms in total. The number of rotatable bonds is 8. The molecule has 0 heterocycles. The molecule has 0 aliphatic heterocycles. The van der Waals surface area contributed by atoms with Crippen LogP contribution in [0.15, 0.2) is 0 Å². The first-order chi connectivity index (χ1) is 9.50. The van der Waals surface area contributed by atoms with Gasteiger partial charge in [0.05, 0.1) is 5.41 Å². The van der Waals surface area contributed by atoms with Crippen LogP contribution in [-0.4, -0.2) is 28.8 Å². The summed E-state index contributed by atoms with van der Waals surface area (Å²) in [5.74, 6) is -0.918. The Bertz CT molecular complexity index is 345. The summed E-state index contributed by atoms with van der Waals surface area (Å²) in [6, 6.07) is -0.443. The van der Waals surface area contributed by atoms with E-state index in [1.807, 2.05) is 0 Å². The first kappa shape index (κ1) is 19.7. The van der Waals surface area contributed by atoms with Gasteiger partial charge in [0.2, 0.25) is 0 Å². The van der Waals surface area contributed by atoms with E-state index in [1.165, 1.54) is 0 Å². The minimum Gasteiger partial charge on any atom is -0.481 e. The van der Waals surface area contributed by atoms with Gasteiger partial charge in [0.15, 0.2) is 0 Å². The van der Waals surface area contributed by atoms with Crippen molar-refractivity contribution in [3.05, 3.63) is 0 Å². The maximum Gasteiger partial charge on any atom is 0.407 e. The van der Waals surface area contributed by atoms with Gasteiger partial charge < -0.3 is 15.2 Å². The van der Waals surface area contributed by atoms with Crippen molar-refractivity contribution in [2.75, 3.05) is 0 Å². The summed E-state index contributed by atoms with van der Waals surface area (Å²) in [7, 11) is 0. The van der Waals surface area contributed by atoms with E-state index in [-0.39, 0.29) is 0 Å². The molecule has 0 aromatic rings. The topological polar surface area (TPSA) is 75.6 Å². The van der Waals surface area contributed by atoms with Crippen LogP contribution in [0.1, 0.15) is 73.6 Å². The fourth-order valence-electron chi connectivity index (χ4n) is 1.99. The Labute approximate surface area is 128 Å². The molecule has 1 amide bonds. The number of aliphatic carboxylic acids is 1. The predicted molar refractivity (Wildman–Crippen MR) is 83.3 cm³/mol. The first-order valence-electron chi connectivity index (χ1n) is 7.73. The van der Waals surface area contributed by atoms with Gasteiger partial charge in [0, 0.05) is 6.04 Å². The number of hydrogen-bond donors (Lipinski definition) is 2. The second kappa shape index (κ2) is 8.25. The van der Waals surface area contributed by atoms with Crippen molar-refractivity contribution in [2.45, 2.75) is 85.3 Å². The number of nitrogens with one attached hydrogen (secondary N) is 1. The van der Waals surface area contributed by atoms with Crippen molar-refractivity contribution in [1.82, 2.24) is 5.32 Å². The third-order valence-electron chi connectivity index (χ3n) is 3.46. The van der Waals surface area contributed by atoms with Crippen LogP contribution in [-0.2, 0) is 9.53 Å². The second-order valence-corrected chi connectivity index (χ2v) is 7.07. The summed E-state index contributed by atoms with van der Waals surface area (Å²) in [6.45, 7) is 10.7. The van der Waals surface area contributed by atoms with Gasteiger partial charge in [-0.25, -0.2) is 4.79 Å². The van der Waals surface area contributed by atoms with Crippen LogP contribution in [0.2, 0.25) is 0 Å². The third-order valence-corrected chi connectivity index (χ3v) is 3.46.